The molecule has 2 aliphatic heterocycles. The lowest BCUT2D eigenvalue weighted by atomic mass is 9.73. The molecule has 2 aliphatic rings. The molecule has 1 aromatic heterocycles. The molecule has 2 amide bonds. The van der Waals surface area contributed by atoms with E-state index in [4.69, 9.17) is 0 Å². The fraction of sp³-hybridized carbons (Fsp3) is 0.381. The van der Waals surface area contributed by atoms with E-state index in [1.807, 2.05) is 37.4 Å². The minimum Gasteiger partial charge on any atom is -0.394 e. The van der Waals surface area contributed by atoms with Crippen molar-refractivity contribution in [3.8, 4) is 11.1 Å². The van der Waals surface area contributed by atoms with Gasteiger partial charge in [0.05, 0.1) is 25.2 Å². The zero-order chi connectivity index (χ0) is 19.0. The van der Waals surface area contributed by atoms with Crippen molar-refractivity contribution in [1.82, 2.24) is 14.8 Å². The van der Waals surface area contributed by atoms with Crippen LogP contribution in [0.1, 0.15) is 24.8 Å². The van der Waals surface area contributed by atoms with Crippen molar-refractivity contribution < 1.29 is 14.7 Å². The zero-order valence-corrected chi connectivity index (χ0v) is 15.3. The Morgan fingerprint density at radius 1 is 1.22 bits per heavy atom. The Kier molecular flexibility index (Phi) is 4.66. The second-order valence-electron chi connectivity index (χ2n) is 7.14. The summed E-state index contributed by atoms with van der Waals surface area (Å²) in [6.45, 7) is 2.39. The molecule has 0 bridgehead atoms. The summed E-state index contributed by atoms with van der Waals surface area (Å²) in [5.41, 5.74) is 3.21. The largest absolute Gasteiger partial charge is 0.394 e. The van der Waals surface area contributed by atoms with Crippen molar-refractivity contribution >= 4 is 11.8 Å². The molecule has 0 saturated carbocycles. The van der Waals surface area contributed by atoms with E-state index in [9.17, 15) is 14.7 Å². The third-order valence-electron chi connectivity index (χ3n) is 5.70. The van der Waals surface area contributed by atoms with Crippen LogP contribution in [-0.4, -0.2) is 63.5 Å². The number of carbonyl (C=O) groups is 2. The van der Waals surface area contributed by atoms with Gasteiger partial charge in [-0.15, -0.1) is 0 Å². The molecule has 0 radical (unpaired) electrons. The maximum atomic E-state index is 12.5. The van der Waals surface area contributed by atoms with Gasteiger partial charge in [-0.05, 0) is 22.8 Å². The average molecular weight is 365 g/mol. The van der Waals surface area contributed by atoms with Crippen LogP contribution in [0.5, 0.6) is 0 Å². The Bertz CT molecular complexity index is 838. The number of aromatic nitrogens is 1. The maximum absolute atomic E-state index is 12.5. The van der Waals surface area contributed by atoms with E-state index >= 15 is 0 Å². The molecule has 6 heteroatoms. The summed E-state index contributed by atoms with van der Waals surface area (Å²) in [6.07, 6.45) is 3.97. The SMILES string of the molecule is CCC(=O)N1CC(=O)N2[C@H](C1)[C@H](c1ccc(-c3cccnc3)cc1)[C@@H]2CO. The Morgan fingerprint density at radius 2 is 2.00 bits per heavy atom. The van der Waals surface area contributed by atoms with Crippen LogP contribution in [0.2, 0.25) is 0 Å². The molecule has 0 spiro atoms. The number of benzene rings is 1. The van der Waals surface area contributed by atoms with Crippen molar-refractivity contribution in [2.45, 2.75) is 31.3 Å². The Balaban J connectivity index is 1.58. The van der Waals surface area contributed by atoms with Gasteiger partial charge in [0.25, 0.3) is 0 Å². The number of piperazine rings is 1. The fourth-order valence-electron chi connectivity index (χ4n) is 4.34. The predicted octanol–water partition coefficient (Wildman–Crippen LogP) is 1.66. The highest BCUT2D eigenvalue weighted by Crippen LogP contribution is 2.43. The number of carbonyl (C=O) groups excluding carboxylic acids is 2. The molecule has 3 atom stereocenters. The second kappa shape index (κ2) is 7.12. The summed E-state index contributed by atoms with van der Waals surface area (Å²) in [5, 5.41) is 9.85. The lowest BCUT2D eigenvalue weighted by Gasteiger charge is -2.58. The van der Waals surface area contributed by atoms with Crippen LogP contribution in [0, 0.1) is 0 Å². The molecule has 0 aliphatic carbocycles. The smallest absolute Gasteiger partial charge is 0.242 e. The van der Waals surface area contributed by atoms with Crippen molar-refractivity contribution in [3.05, 3.63) is 54.4 Å². The minimum absolute atomic E-state index is 0.00104. The van der Waals surface area contributed by atoms with Gasteiger partial charge in [-0.3, -0.25) is 14.6 Å². The van der Waals surface area contributed by atoms with Crippen LogP contribution in [0.3, 0.4) is 0 Å². The highest BCUT2D eigenvalue weighted by Gasteiger charge is 2.54. The van der Waals surface area contributed by atoms with Crippen molar-refractivity contribution in [2.24, 2.45) is 0 Å². The van der Waals surface area contributed by atoms with Crippen LogP contribution in [0.25, 0.3) is 11.1 Å². The number of rotatable bonds is 4. The highest BCUT2D eigenvalue weighted by molar-refractivity contribution is 5.87. The molecule has 4 rings (SSSR count). The summed E-state index contributed by atoms with van der Waals surface area (Å²) < 4.78 is 0. The molecule has 27 heavy (non-hydrogen) atoms. The van der Waals surface area contributed by atoms with Gasteiger partial charge in [0.15, 0.2) is 0 Å². The van der Waals surface area contributed by atoms with Gasteiger partial charge >= 0.3 is 0 Å². The van der Waals surface area contributed by atoms with Crippen LogP contribution in [0.15, 0.2) is 48.8 Å². The molecule has 3 heterocycles. The number of amides is 2. The Hall–Kier alpha value is -2.73. The first-order valence-electron chi connectivity index (χ1n) is 9.34. The van der Waals surface area contributed by atoms with Gasteiger partial charge in [-0.25, -0.2) is 0 Å². The average Bonchev–Trinajstić information content (AvgIpc) is 2.70. The molecule has 1 aromatic carbocycles. The van der Waals surface area contributed by atoms with E-state index < -0.39 is 0 Å². The van der Waals surface area contributed by atoms with E-state index in [1.54, 1.807) is 16.0 Å². The van der Waals surface area contributed by atoms with Crippen molar-refractivity contribution in [1.29, 1.82) is 0 Å². The zero-order valence-electron chi connectivity index (χ0n) is 15.3. The van der Waals surface area contributed by atoms with Crippen LogP contribution >= 0.6 is 0 Å². The lowest BCUT2D eigenvalue weighted by molar-refractivity contribution is -0.166. The van der Waals surface area contributed by atoms with E-state index in [-0.39, 0.29) is 43.0 Å². The molecule has 140 valence electrons. The normalized spacial score (nSPS) is 24.4. The fourth-order valence-corrected chi connectivity index (χ4v) is 4.34. The standard InChI is InChI=1S/C21H23N3O3/c1-2-19(26)23-11-17-21(18(13-25)24(17)20(27)12-23)15-7-5-14(6-8-15)16-4-3-9-22-10-16/h3-10,17-18,21,25H,2,11-13H2,1H3/t17-,18+,21+/m1/s1. The minimum atomic E-state index is -0.217. The molecule has 2 saturated heterocycles. The number of hydrogen-bond donors (Lipinski definition) is 1. The Morgan fingerprint density at radius 3 is 2.63 bits per heavy atom. The van der Waals surface area contributed by atoms with E-state index in [0.29, 0.717) is 13.0 Å². The first-order chi connectivity index (χ1) is 13.1. The molecular weight excluding hydrogens is 342 g/mol. The first-order valence-corrected chi connectivity index (χ1v) is 9.34. The van der Waals surface area contributed by atoms with Gasteiger partial charge in [0.1, 0.15) is 0 Å². The number of aliphatic hydroxyl groups excluding tert-OH is 1. The van der Waals surface area contributed by atoms with E-state index in [1.165, 1.54) is 0 Å². The van der Waals surface area contributed by atoms with Gasteiger partial charge < -0.3 is 14.9 Å². The Labute approximate surface area is 158 Å². The van der Waals surface area contributed by atoms with Crippen LogP contribution in [0.4, 0.5) is 0 Å². The summed E-state index contributed by atoms with van der Waals surface area (Å²) >= 11 is 0. The highest BCUT2D eigenvalue weighted by atomic mass is 16.3. The number of aliphatic hydroxyl groups is 1. The monoisotopic (exact) mass is 365 g/mol. The van der Waals surface area contributed by atoms with Gasteiger partial charge in [0, 0.05) is 31.3 Å². The second-order valence-corrected chi connectivity index (χ2v) is 7.14. The number of pyridine rings is 1. The number of fused-ring (bicyclic) bond motifs is 1. The summed E-state index contributed by atoms with van der Waals surface area (Å²) in [6, 6.07) is 11.8. The molecular formula is C21H23N3O3. The number of nitrogens with zero attached hydrogens (tertiary/aromatic N) is 3. The van der Waals surface area contributed by atoms with E-state index in [2.05, 4.69) is 17.1 Å². The first kappa shape index (κ1) is 17.7. The lowest BCUT2D eigenvalue weighted by Crippen LogP contribution is -2.73. The van der Waals surface area contributed by atoms with Crippen molar-refractivity contribution in [2.75, 3.05) is 19.7 Å². The topological polar surface area (TPSA) is 73.7 Å². The maximum Gasteiger partial charge on any atom is 0.242 e. The summed E-state index contributed by atoms with van der Waals surface area (Å²) in [4.78, 5) is 32.1. The van der Waals surface area contributed by atoms with Crippen LogP contribution in [-0.2, 0) is 9.59 Å². The quantitative estimate of drug-likeness (QED) is 0.894. The molecule has 0 unspecified atom stereocenters. The molecule has 2 aromatic rings. The van der Waals surface area contributed by atoms with Gasteiger partial charge in [-0.2, -0.15) is 0 Å². The van der Waals surface area contributed by atoms with Crippen molar-refractivity contribution in [3.63, 3.8) is 0 Å². The third kappa shape index (κ3) is 3.00. The summed E-state index contributed by atoms with van der Waals surface area (Å²) in [5.74, 6) is -0.0363. The van der Waals surface area contributed by atoms with Gasteiger partial charge in [0.2, 0.25) is 11.8 Å². The molecule has 6 nitrogen and oxygen atoms in total. The van der Waals surface area contributed by atoms with Gasteiger partial charge in [-0.1, -0.05) is 37.3 Å². The number of hydrogen-bond acceptors (Lipinski definition) is 4. The third-order valence-corrected chi connectivity index (χ3v) is 5.70. The molecule has 1 N–H and O–H groups in total. The molecule has 2 fully saturated rings. The van der Waals surface area contributed by atoms with E-state index in [0.717, 1.165) is 16.7 Å². The van der Waals surface area contributed by atoms with Crippen LogP contribution < -0.4 is 0 Å². The summed E-state index contributed by atoms with van der Waals surface area (Å²) in [7, 11) is 0. The predicted molar refractivity (Wildman–Crippen MR) is 101 cm³/mol.